The van der Waals surface area contributed by atoms with Crippen molar-refractivity contribution in [2.24, 2.45) is 5.92 Å². The Bertz CT molecular complexity index is 507. The van der Waals surface area contributed by atoms with Crippen molar-refractivity contribution in [2.45, 2.75) is 6.92 Å². The van der Waals surface area contributed by atoms with Crippen molar-refractivity contribution in [3.63, 3.8) is 0 Å². The summed E-state index contributed by atoms with van der Waals surface area (Å²) in [6.07, 6.45) is 10.6. The Morgan fingerprint density at radius 3 is 2.47 bits per heavy atom. The van der Waals surface area contributed by atoms with Crippen LogP contribution in [0.1, 0.15) is 12.5 Å². The third-order valence-electron chi connectivity index (χ3n) is 2.67. The maximum Gasteiger partial charge on any atom is 0.332 e. The predicted molar refractivity (Wildman–Crippen MR) is 79.7 cm³/mol. The van der Waals surface area contributed by atoms with Crippen LogP contribution < -0.4 is 0 Å². The number of carboxylic acid groups (broad SMARTS) is 1. The third kappa shape index (κ3) is 4.80. The summed E-state index contributed by atoms with van der Waals surface area (Å²) in [5, 5.41) is 9.18. The number of rotatable bonds is 6. The first-order valence-electron chi connectivity index (χ1n) is 6.11. The quantitative estimate of drug-likeness (QED) is 0.613. The third-order valence-corrected chi connectivity index (χ3v) is 2.67. The van der Waals surface area contributed by atoms with Crippen LogP contribution >= 0.6 is 0 Å². The summed E-state index contributed by atoms with van der Waals surface area (Å²) in [5.74, 6) is -1.17. The van der Waals surface area contributed by atoms with E-state index < -0.39 is 5.97 Å². The van der Waals surface area contributed by atoms with Gasteiger partial charge in [0.15, 0.2) is 0 Å². The summed E-state index contributed by atoms with van der Waals surface area (Å²) in [6, 6.07) is 9.78. The predicted octanol–water partition coefficient (Wildman–Crippen LogP) is 4.09. The zero-order valence-corrected chi connectivity index (χ0v) is 11.0. The SMILES string of the molecule is C=CC=CC(C=Cc1ccccc1)C(=CC)C(=O)O. The molecule has 2 heteroatoms. The molecule has 2 nitrogen and oxygen atoms in total. The van der Waals surface area contributed by atoms with E-state index in [0.717, 1.165) is 5.56 Å². The van der Waals surface area contributed by atoms with Gasteiger partial charge in [-0.2, -0.15) is 0 Å². The maximum absolute atomic E-state index is 11.2. The van der Waals surface area contributed by atoms with Gasteiger partial charge in [0.2, 0.25) is 0 Å². The highest BCUT2D eigenvalue weighted by atomic mass is 16.4. The molecule has 0 aliphatic heterocycles. The van der Waals surface area contributed by atoms with Gasteiger partial charge in [0.1, 0.15) is 0 Å². The molecule has 0 fully saturated rings. The molecule has 1 unspecified atom stereocenters. The molecule has 0 saturated carbocycles. The smallest absolute Gasteiger partial charge is 0.332 e. The number of carbonyl (C=O) groups is 1. The van der Waals surface area contributed by atoms with Crippen LogP contribution in [-0.2, 0) is 4.79 Å². The molecular formula is C17H18O2. The molecule has 0 aromatic heterocycles. The Labute approximate surface area is 114 Å². The van der Waals surface area contributed by atoms with E-state index in [4.69, 9.17) is 0 Å². The summed E-state index contributed by atoms with van der Waals surface area (Å²) < 4.78 is 0. The van der Waals surface area contributed by atoms with Crippen molar-refractivity contribution in [1.82, 2.24) is 0 Å². The van der Waals surface area contributed by atoms with Crippen LogP contribution in [0, 0.1) is 5.92 Å². The van der Waals surface area contributed by atoms with Gasteiger partial charge in [-0.25, -0.2) is 4.79 Å². The lowest BCUT2D eigenvalue weighted by Crippen LogP contribution is -2.08. The zero-order chi connectivity index (χ0) is 14.1. The zero-order valence-electron chi connectivity index (χ0n) is 11.0. The second-order valence-electron chi connectivity index (χ2n) is 3.97. The number of aliphatic carboxylic acids is 1. The van der Waals surface area contributed by atoms with Gasteiger partial charge in [0, 0.05) is 11.5 Å². The summed E-state index contributed by atoms with van der Waals surface area (Å²) in [6.45, 7) is 5.33. The lowest BCUT2D eigenvalue weighted by Gasteiger charge is -2.08. The van der Waals surface area contributed by atoms with Crippen LogP contribution in [0.3, 0.4) is 0 Å². The standard InChI is InChI=1S/C17H18O2/c1-3-5-11-15(16(4-2)17(18)19)13-12-14-9-7-6-8-10-14/h3-13,15H,1H2,2H3,(H,18,19). The van der Waals surface area contributed by atoms with E-state index in [1.165, 1.54) is 0 Å². The number of hydrogen-bond donors (Lipinski definition) is 1. The lowest BCUT2D eigenvalue weighted by atomic mass is 9.96. The maximum atomic E-state index is 11.2. The number of carboxylic acids is 1. The molecule has 1 N–H and O–H groups in total. The van der Waals surface area contributed by atoms with Gasteiger partial charge in [0.25, 0.3) is 0 Å². The normalized spacial score (nSPS) is 13.8. The van der Waals surface area contributed by atoms with Gasteiger partial charge in [-0.15, -0.1) is 0 Å². The minimum absolute atomic E-state index is 0.263. The van der Waals surface area contributed by atoms with Crippen LogP contribution in [0.2, 0.25) is 0 Å². The second kappa shape index (κ2) is 7.88. The average molecular weight is 254 g/mol. The monoisotopic (exact) mass is 254 g/mol. The van der Waals surface area contributed by atoms with E-state index in [0.29, 0.717) is 5.57 Å². The minimum atomic E-state index is -0.904. The molecule has 1 aromatic carbocycles. The van der Waals surface area contributed by atoms with Gasteiger partial charge >= 0.3 is 5.97 Å². The molecule has 0 bridgehead atoms. The second-order valence-corrected chi connectivity index (χ2v) is 3.97. The summed E-state index contributed by atoms with van der Waals surface area (Å²) in [4.78, 5) is 11.2. The molecule has 1 aromatic rings. The van der Waals surface area contributed by atoms with Gasteiger partial charge in [0.05, 0.1) is 0 Å². The fraction of sp³-hybridized carbons (Fsp3) is 0.118. The minimum Gasteiger partial charge on any atom is -0.478 e. The molecule has 0 spiro atoms. The molecule has 0 aliphatic carbocycles. The highest BCUT2D eigenvalue weighted by Crippen LogP contribution is 2.17. The Kier molecular flexibility index (Phi) is 6.10. The van der Waals surface area contributed by atoms with Crippen LogP contribution in [0.5, 0.6) is 0 Å². The Morgan fingerprint density at radius 2 is 1.95 bits per heavy atom. The Hall–Kier alpha value is -2.35. The topological polar surface area (TPSA) is 37.3 Å². The molecule has 0 saturated heterocycles. The van der Waals surface area contributed by atoms with E-state index in [2.05, 4.69) is 6.58 Å². The van der Waals surface area contributed by atoms with Crippen molar-refractivity contribution < 1.29 is 9.90 Å². The van der Waals surface area contributed by atoms with Crippen molar-refractivity contribution in [3.8, 4) is 0 Å². The van der Waals surface area contributed by atoms with Crippen molar-refractivity contribution in [1.29, 1.82) is 0 Å². The molecule has 0 radical (unpaired) electrons. The summed E-state index contributed by atoms with van der Waals surface area (Å²) in [7, 11) is 0. The van der Waals surface area contributed by atoms with E-state index in [1.807, 2.05) is 48.6 Å². The molecular weight excluding hydrogens is 236 g/mol. The highest BCUT2D eigenvalue weighted by molar-refractivity contribution is 5.88. The number of benzene rings is 1. The van der Waals surface area contributed by atoms with E-state index >= 15 is 0 Å². The Balaban J connectivity index is 2.98. The molecule has 0 heterocycles. The number of hydrogen-bond acceptors (Lipinski definition) is 1. The molecule has 1 atom stereocenters. The molecule has 0 aliphatic rings. The summed E-state index contributed by atoms with van der Waals surface area (Å²) >= 11 is 0. The highest BCUT2D eigenvalue weighted by Gasteiger charge is 2.13. The molecule has 0 amide bonds. The largest absolute Gasteiger partial charge is 0.478 e. The Morgan fingerprint density at radius 1 is 1.26 bits per heavy atom. The van der Waals surface area contributed by atoms with Crippen LogP contribution in [0.15, 0.2) is 72.9 Å². The van der Waals surface area contributed by atoms with Crippen LogP contribution in [-0.4, -0.2) is 11.1 Å². The van der Waals surface area contributed by atoms with Gasteiger partial charge in [-0.3, -0.25) is 0 Å². The summed E-state index contributed by atoms with van der Waals surface area (Å²) in [5.41, 5.74) is 1.39. The first kappa shape index (κ1) is 14.7. The van der Waals surface area contributed by atoms with Crippen LogP contribution in [0.25, 0.3) is 6.08 Å². The molecule has 1 rings (SSSR count). The van der Waals surface area contributed by atoms with Crippen LogP contribution in [0.4, 0.5) is 0 Å². The van der Waals surface area contributed by atoms with E-state index in [9.17, 15) is 9.90 Å². The van der Waals surface area contributed by atoms with E-state index in [-0.39, 0.29) is 5.92 Å². The fourth-order valence-electron chi connectivity index (χ4n) is 1.71. The molecule has 19 heavy (non-hydrogen) atoms. The van der Waals surface area contributed by atoms with Crippen molar-refractivity contribution in [3.05, 3.63) is 78.4 Å². The fourth-order valence-corrected chi connectivity index (χ4v) is 1.71. The number of allylic oxidation sites excluding steroid dienone is 5. The lowest BCUT2D eigenvalue weighted by molar-refractivity contribution is -0.133. The first-order valence-corrected chi connectivity index (χ1v) is 6.11. The first-order chi connectivity index (χ1) is 9.19. The van der Waals surface area contributed by atoms with Crippen molar-refractivity contribution in [2.75, 3.05) is 0 Å². The average Bonchev–Trinajstić information content (AvgIpc) is 2.42. The van der Waals surface area contributed by atoms with Gasteiger partial charge in [-0.1, -0.05) is 73.4 Å². The van der Waals surface area contributed by atoms with Crippen molar-refractivity contribution >= 4 is 12.0 Å². The van der Waals surface area contributed by atoms with E-state index in [1.54, 1.807) is 25.2 Å². The van der Waals surface area contributed by atoms with Gasteiger partial charge < -0.3 is 5.11 Å². The molecule has 98 valence electrons. The van der Waals surface area contributed by atoms with Gasteiger partial charge in [-0.05, 0) is 12.5 Å².